The molecule has 2 rings (SSSR count). The minimum absolute atomic E-state index is 0.111. The lowest BCUT2D eigenvalue weighted by atomic mass is 10.1. The van der Waals surface area contributed by atoms with E-state index in [1.165, 1.54) is 6.39 Å². The summed E-state index contributed by atoms with van der Waals surface area (Å²) >= 11 is 0. The van der Waals surface area contributed by atoms with Crippen LogP contribution in [-0.2, 0) is 17.8 Å². The van der Waals surface area contributed by atoms with Gasteiger partial charge in [0.25, 0.3) is 0 Å². The molecular formula is C11H12N4O2. The van der Waals surface area contributed by atoms with Crippen LogP contribution in [0.1, 0.15) is 11.4 Å². The molecule has 0 unspecified atom stereocenters. The van der Waals surface area contributed by atoms with Gasteiger partial charge in [-0.15, -0.1) is 0 Å². The van der Waals surface area contributed by atoms with Gasteiger partial charge in [0.2, 0.25) is 12.3 Å². The third-order valence-corrected chi connectivity index (χ3v) is 2.17. The Bertz CT molecular complexity index is 496. The molecule has 0 bridgehead atoms. The second-order valence-corrected chi connectivity index (χ2v) is 3.55. The first-order valence-electron chi connectivity index (χ1n) is 5.10. The largest absolute Gasteiger partial charge is 0.399 e. The Balaban J connectivity index is 1.85. The van der Waals surface area contributed by atoms with Crippen LogP contribution in [-0.4, -0.2) is 16.0 Å². The molecule has 1 aromatic carbocycles. The quantitative estimate of drug-likeness (QED) is 0.749. The van der Waals surface area contributed by atoms with Crippen molar-refractivity contribution in [3.63, 3.8) is 0 Å². The summed E-state index contributed by atoms with van der Waals surface area (Å²) in [6.07, 6.45) is 1.50. The zero-order chi connectivity index (χ0) is 12.1. The first-order valence-corrected chi connectivity index (χ1v) is 5.10. The van der Waals surface area contributed by atoms with E-state index in [-0.39, 0.29) is 18.9 Å². The minimum atomic E-state index is -0.111. The maximum absolute atomic E-state index is 11.6. The molecule has 0 saturated carbocycles. The maximum Gasteiger partial charge on any atom is 0.224 e. The molecule has 6 nitrogen and oxygen atoms in total. The van der Waals surface area contributed by atoms with Crippen molar-refractivity contribution in [2.24, 2.45) is 0 Å². The van der Waals surface area contributed by atoms with Gasteiger partial charge in [0, 0.05) is 5.69 Å². The Labute approximate surface area is 97.8 Å². The van der Waals surface area contributed by atoms with Gasteiger partial charge >= 0.3 is 0 Å². The third-order valence-electron chi connectivity index (χ3n) is 2.17. The van der Waals surface area contributed by atoms with E-state index in [1.807, 2.05) is 12.1 Å². The SMILES string of the molecule is Nc1cccc(CC(=O)NCc2ncon2)c1. The van der Waals surface area contributed by atoms with Crippen molar-refractivity contribution in [2.75, 3.05) is 5.73 Å². The zero-order valence-corrected chi connectivity index (χ0v) is 9.09. The molecular weight excluding hydrogens is 220 g/mol. The van der Waals surface area contributed by atoms with Crippen LogP contribution in [0.15, 0.2) is 35.2 Å². The number of hydrogen-bond donors (Lipinski definition) is 2. The fourth-order valence-corrected chi connectivity index (χ4v) is 1.40. The van der Waals surface area contributed by atoms with Crippen LogP contribution in [0.4, 0.5) is 5.69 Å². The number of benzene rings is 1. The molecule has 0 fully saturated rings. The lowest BCUT2D eigenvalue weighted by molar-refractivity contribution is -0.120. The van der Waals surface area contributed by atoms with Gasteiger partial charge in [-0.25, -0.2) is 0 Å². The van der Waals surface area contributed by atoms with Gasteiger partial charge in [-0.1, -0.05) is 17.3 Å². The summed E-state index contributed by atoms with van der Waals surface area (Å²) in [6, 6.07) is 7.22. The summed E-state index contributed by atoms with van der Waals surface area (Å²) < 4.78 is 4.55. The standard InChI is InChI=1S/C11H12N4O2/c12-9-3-1-2-8(4-9)5-11(16)13-6-10-14-7-17-15-10/h1-4,7H,5-6,12H2,(H,13,16). The molecule has 6 heteroatoms. The van der Waals surface area contributed by atoms with Crippen molar-refractivity contribution in [1.29, 1.82) is 0 Å². The van der Waals surface area contributed by atoms with Crippen molar-refractivity contribution < 1.29 is 9.32 Å². The highest BCUT2D eigenvalue weighted by molar-refractivity contribution is 5.78. The molecule has 0 radical (unpaired) electrons. The number of nitrogen functional groups attached to an aromatic ring is 1. The van der Waals surface area contributed by atoms with Crippen molar-refractivity contribution in [3.8, 4) is 0 Å². The second kappa shape index (κ2) is 5.11. The topological polar surface area (TPSA) is 94.0 Å². The van der Waals surface area contributed by atoms with Crippen LogP contribution < -0.4 is 11.1 Å². The van der Waals surface area contributed by atoms with E-state index < -0.39 is 0 Å². The Morgan fingerprint density at radius 2 is 2.35 bits per heavy atom. The number of nitrogens with one attached hydrogen (secondary N) is 1. The van der Waals surface area contributed by atoms with E-state index in [4.69, 9.17) is 5.73 Å². The molecule has 17 heavy (non-hydrogen) atoms. The van der Waals surface area contributed by atoms with E-state index in [2.05, 4.69) is 20.0 Å². The van der Waals surface area contributed by atoms with Crippen molar-refractivity contribution in [2.45, 2.75) is 13.0 Å². The van der Waals surface area contributed by atoms with Gasteiger partial charge in [-0.2, -0.15) is 4.98 Å². The maximum atomic E-state index is 11.6. The molecule has 3 N–H and O–H groups in total. The number of aromatic nitrogens is 2. The number of hydrogen-bond acceptors (Lipinski definition) is 5. The Kier molecular flexibility index (Phi) is 3.34. The number of rotatable bonds is 4. The highest BCUT2D eigenvalue weighted by Gasteiger charge is 2.05. The Hall–Kier alpha value is -2.37. The molecule has 0 spiro atoms. The number of carbonyl (C=O) groups is 1. The number of carbonyl (C=O) groups excluding carboxylic acids is 1. The van der Waals surface area contributed by atoms with Crippen LogP contribution in [0.5, 0.6) is 0 Å². The average Bonchev–Trinajstić information content (AvgIpc) is 2.79. The molecule has 0 aliphatic heterocycles. The summed E-state index contributed by atoms with van der Waals surface area (Å²) in [7, 11) is 0. The Morgan fingerprint density at radius 1 is 1.47 bits per heavy atom. The molecule has 0 atom stereocenters. The van der Waals surface area contributed by atoms with E-state index in [9.17, 15) is 4.79 Å². The van der Waals surface area contributed by atoms with Gasteiger partial charge in [0.05, 0.1) is 13.0 Å². The number of nitrogens with zero attached hydrogens (tertiary/aromatic N) is 2. The van der Waals surface area contributed by atoms with Crippen LogP contribution in [0.25, 0.3) is 0 Å². The lowest BCUT2D eigenvalue weighted by Crippen LogP contribution is -2.25. The fourth-order valence-electron chi connectivity index (χ4n) is 1.40. The van der Waals surface area contributed by atoms with Gasteiger partial charge in [-0.3, -0.25) is 4.79 Å². The first-order chi connectivity index (χ1) is 8.24. The van der Waals surface area contributed by atoms with Crippen LogP contribution >= 0.6 is 0 Å². The van der Waals surface area contributed by atoms with Crippen LogP contribution in [0.2, 0.25) is 0 Å². The van der Waals surface area contributed by atoms with E-state index in [0.717, 1.165) is 5.56 Å². The van der Waals surface area contributed by atoms with E-state index in [0.29, 0.717) is 11.5 Å². The van der Waals surface area contributed by atoms with Crippen molar-refractivity contribution in [1.82, 2.24) is 15.5 Å². The predicted molar refractivity (Wildman–Crippen MR) is 60.7 cm³/mol. The molecule has 1 amide bonds. The summed E-state index contributed by atoms with van der Waals surface area (Å²) in [5, 5.41) is 6.28. The second-order valence-electron chi connectivity index (χ2n) is 3.55. The van der Waals surface area contributed by atoms with Crippen LogP contribution in [0, 0.1) is 0 Å². The number of nitrogens with two attached hydrogens (primary N) is 1. The fraction of sp³-hybridized carbons (Fsp3) is 0.182. The highest BCUT2D eigenvalue weighted by Crippen LogP contribution is 2.06. The molecule has 0 aliphatic rings. The van der Waals surface area contributed by atoms with Crippen molar-refractivity contribution in [3.05, 3.63) is 42.0 Å². The Morgan fingerprint density at radius 3 is 3.06 bits per heavy atom. The molecule has 1 aromatic heterocycles. The molecule has 1 heterocycles. The number of amides is 1. The molecule has 2 aromatic rings. The zero-order valence-electron chi connectivity index (χ0n) is 9.09. The van der Waals surface area contributed by atoms with Gasteiger partial charge in [0.1, 0.15) is 0 Å². The average molecular weight is 232 g/mol. The molecule has 88 valence electrons. The van der Waals surface area contributed by atoms with Crippen molar-refractivity contribution >= 4 is 11.6 Å². The predicted octanol–water partition coefficient (Wildman–Crippen LogP) is 0.511. The van der Waals surface area contributed by atoms with Gasteiger partial charge in [0.15, 0.2) is 5.82 Å². The summed E-state index contributed by atoms with van der Waals surface area (Å²) in [5.74, 6) is 0.339. The van der Waals surface area contributed by atoms with Crippen LogP contribution in [0.3, 0.4) is 0 Å². The van der Waals surface area contributed by atoms with E-state index >= 15 is 0 Å². The normalized spacial score (nSPS) is 10.1. The van der Waals surface area contributed by atoms with E-state index in [1.54, 1.807) is 12.1 Å². The van der Waals surface area contributed by atoms with Gasteiger partial charge < -0.3 is 15.6 Å². The summed E-state index contributed by atoms with van der Waals surface area (Å²) in [6.45, 7) is 0.262. The monoisotopic (exact) mass is 232 g/mol. The molecule has 0 aliphatic carbocycles. The lowest BCUT2D eigenvalue weighted by Gasteiger charge is -2.03. The smallest absolute Gasteiger partial charge is 0.224 e. The third kappa shape index (κ3) is 3.30. The number of anilines is 1. The summed E-state index contributed by atoms with van der Waals surface area (Å²) in [5.41, 5.74) is 7.14. The first kappa shape index (κ1) is 11.1. The summed E-state index contributed by atoms with van der Waals surface area (Å²) in [4.78, 5) is 15.4. The van der Waals surface area contributed by atoms with Gasteiger partial charge in [-0.05, 0) is 17.7 Å². The molecule has 0 saturated heterocycles. The minimum Gasteiger partial charge on any atom is -0.399 e. The highest BCUT2D eigenvalue weighted by atomic mass is 16.5.